The largest absolute Gasteiger partial charge is 0.497 e. The molecule has 81 heavy (non-hydrogen) atoms. The molecule has 0 bridgehead atoms. The van der Waals surface area contributed by atoms with Gasteiger partial charge in [0.2, 0.25) is 0 Å². The monoisotopic (exact) mass is 1050 g/mol. The molecule has 4 nitrogen and oxygen atoms in total. The molecule has 0 amide bonds. The van der Waals surface area contributed by atoms with Crippen LogP contribution in [-0.4, -0.2) is 14.2 Å². The van der Waals surface area contributed by atoms with Crippen molar-refractivity contribution >= 4 is 58.4 Å². The molecule has 0 spiro atoms. The normalized spacial score (nSPS) is 14.5. The molecule has 10 aromatic carbocycles. The van der Waals surface area contributed by atoms with E-state index in [1.165, 1.54) is 100 Å². The molecule has 3 aliphatic rings. The fourth-order valence-corrected chi connectivity index (χ4v) is 13.1. The van der Waals surface area contributed by atoms with Crippen molar-refractivity contribution in [3.63, 3.8) is 0 Å². The number of benzene rings is 10. The summed E-state index contributed by atoms with van der Waals surface area (Å²) in [5.41, 5.74) is 29.4. The lowest BCUT2D eigenvalue weighted by molar-refractivity contribution is 0.414. The number of methoxy groups -OCH3 is 2. The first kappa shape index (κ1) is 51.3. The molecule has 4 heteroatoms. The van der Waals surface area contributed by atoms with E-state index in [0.717, 1.165) is 45.6 Å². The van der Waals surface area contributed by atoms with E-state index in [9.17, 15) is 0 Å². The van der Waals surface area contributed by atoms with Gasteiger partial charge >= 0.3 is 0 Å². The number of anilines is 6. The number of aryl methyl sites for hydroxylation is 2. The Balaban J connectivity index is 0.727. The van der Waals surface area contributed by atoms with Gasteiger partial charge < -0.3 is 19.3 Å². The van der Waals surface area contributed by atoms with Crippen molar-refractivity contribution in [3.8, 4) is 44.9 Å². The number of ether oxygens (including phenoxy) is 2. The zero-order valence-corrected chi connectivity index (χ0v) is 48.2. The van der Waals surface area contributed by atoms with Crippen molar-refractivity contribution in [1.82, 2.24) is 0 Å². The van der Waals surface area contributed by atoms with E-state index >= 15 is 0 Å². The van der Waals surface area contributed by atoms with Gasteiger partial charge in [0.25, 0.3) is 0 Å². The molecule has 0 unspecified atom stereocenters. The van der Waals surface area contributed by atoms with E-state index in [4.69, 9.17) is 9.47 Å². The predicted molar refractivity (Wildman–Crippen MR) is 342 cm³/mol. The molecule has 0 saturated carbocycles. The number of fused-ring (bicyclic) bond motifs is 9. The highest BCUT2D eigenvalue weighted by Crippen LogP contribution is 2.54. The zero-order chi connectivity index (χ0) is 56.0. The van der Waals surface area contributed by atoms with Gasteiger partial charge in [-0.05, 0) is 200 Å². The molecular weight excluding hydrogens is 985 g/mol. The lowest BCUT2D eigenvalue weighted by Gasteiger charge is -2.28. The molecule has 0 atom stereocenters. The molecule has 0 N–H and O–H groups in total. The lowest BCUT2D eigenvalue weighted by Crippen LogP contribution is -2.16. The molecule has 13 rings (SSSR count). The van der Waals surface area contributed by atoms with Crippen LogP contribution >= 0.6 is 0 Å². The maximum Gasteiger partial charge on any atom is 0.119 e. The summed E-state index contributed by atoms with van der Waals surface area (Å²) >= 11 is 0. The maximum absolute atomic E-state index is 5.52. The lowest BCUT2D eigenvalue weighted by atomic mass is 9.81. The molecule has 0 heterocycles. The second kappa shape index (κ2) is 19.6. The van der Waals surface area contributed by atoms with Crippen LogP contribution in [0.1, 0.15) is 108 Å². The van der Waals surface area contributed by atoms with E-state index in [1.54, 1.807) is 14.2 Å². The third kappa shape index (κ3) is 8.85. The second-order valence-electron chi connectivity index (χ2n) is 24.0. The molecule has 3 aliphatic carbocycles. The summed E-state index contributed by atoms with van der Waals surface area (Å²) in [6, 6.07) is 76.2. The van der Waals surface area contributed by atoms with Crippen molar-refractivity contribution in [3.05, 3.63) is 273 Å². The summed E-state index contributed by atoms with van der Waals surface area (Å²) in [6.45, 7) is 18.5. The smallest absolute Gasteiger partial charge is 0.119 e. The number of hydrogen-bond acceptors (Lipinski definition) is 4. The molecular formula is C77H68N2O2. The van der Waals surface area contributed by atoms with Crippen LogP contribution < -0.4 is 19.3 Å². The van der Waals surface area contributed by atoms with Crippen molar-refractivity contribution in [2.75, 3.05) is 24.0 Å². The Bertz CT molecular complexity index is 3890. The standard InChI is InChI=1S/C77H68N2O2/c1-49-11-23-55(24-12-49)78(57-27-33-61(80-9)34-28-57)59-31-41-67-65-39-21-53(45-71(65)76(5,6)73(67)47-59)17-15-51-19-37-63-64-38-20-52(44-70(64)75(3,4)69(63)43-51)16-18-54-22-40-66-68-42-32-60(48-74(68)77(7,8)72(66)46-54)79(56-25-13-50(2)14-26-56)58-29-35-62(81-10)36-30-58/h11-48H,1-10H3/b17-15+,18-16+. The molecule has 398 valence electrons. The summed E-state index contributed by atoms with van der Waals surface area (Å²) in [4.78, 5) is 4.69. The highest BCUT2D eigenvalue weighted by Gasteiger charge is 2.39. The summed E-state index contributed by atoms with van der Waals surface area (Å²) < 4.78 is 11.0. The third-order valence-corrected chi connectivity index (χ3v) is 17.8. The average molecular weight is 1050 g/mol. The Labute approximate surface area is 478 Å². The summed E-state index contributed by atoms with van der Waals surface area (Å²) in [7, 11) is 3.43. The van der Waals surface area contributed by atoms with Crippen LogP contribution in [0, 0.1) is 13.8 Å². The van der Waals surface area contributed by atoms with Gasteiger partial charge in [-0.1, -0.05) is 186 Å². The number of nitrogens with zero attached hydrogens (tertiary/aromatic N) is 2. The van der Waals surface area contributed by atoms with Gasteiger partial charge in [0.1, 0.15) is 11.5 Å². The Morgan fingerprint density at radius 2 is 0.494 bits per heavy atom. The van der Waals surface area contributed by atoms with Gasteiger partial charge in [0.15, 0.2) is 0 Å². The highest BCUT2D eigenvalue weighted by molar-refractivity contribution is 5.90. The topological polar surface area (TPSA) is 24.9 Å². The van der Waals surface area contributed by atoms with Crippen LogP contribution in [-0.2, 0) is 16.2 Å². The first-order chi connectivity index (χ1) is 39.1. The van der Waals surface area contributed by atoms with Gasteiger partial charge in [0, 0.05) is 50.4 Å². The van der Waals surface area contributed by atoms with Crippen molar-refractivity contribution < 1.29 is 9.47 Å². The van der Waals surface area contributed by atoms with Crippen molar-refractivity contribution in [2.24, 2.45) is 0 Å². The van der Waals surface area contributed by atoms with Gasteiger partial charge in [0.05, 0.1) is 14.2 Å². The quantitative estimate of drug-likeness (QED) is 0.114. The number of rotatable bonds is 12. The summed E-state index contributed by atoms with van der Waals surface area (Å²) in [6.07, 6.45) is 9.14. The van der Waals surface area contributed by atoms with Crippen LogP contribution in [0.15, 0.2) is 206 Å². The fraction of sp³-hybridized carbons (Fsp3) is 0.169. The van der Waals surface area contributed by atoms with E-state index in [2.05, 4.69) is 271 Å². The van der Waals surface area contributed by atoms with Gasteiger partial charge in [-0.3, -0.25) is 0 Å². The van der Waals surface area contributed by atoms with Crippen LogP contribution in [0.4, 0.5) is 34.1 Å². The number of hydrogen-bond donors (Lipinski definition) is 0. The molecule has 10 aromatic rings. The van der Waals surface area contributed by atoms with Gasteiger partial charge in [-0.15, -0.1) is 0 Å². The maximum atomic E-state index is 5.52. The summed E-state index contributed by atoms with van der Waals surface area (Å²) in [5.74, 6) is 1.68. The van der Waals surface area contributed by atoms with Crippen LogP contribution in [0.5, 0.6) is 11.5 Å². The van der Waals surface area contributed by atoms with E-state index in [-0.39, 0.29) is 16.2 Å². The average Bonchev–Trinajstić information content (AvgIpc) is 3.24. The van der Waals surface area contributed by atoms with Gasteiger partial charge in [-0.25, -0.2) is 0 Å². The Morgan fingerprint density at radius 3 is 0.753 bits per heavy atom. The SMILES string of the molecule is COc1ccc(N(c2ccc(C)cc2)c2ccc3c(c2)C(C)(C)c2cc(/C=C/c4ccc5c(c4)C(C)(C)c4cc(/C=C/c6ccc7c(c6)C(C)(C)c6cc(N(c8ccc(C)cc8)c8ccc(OC)cc8)ccc6-7)ccc4-5)ccc2-3)cc1. The Kier molecular flexibility index (Phi) is 12.4. The van der Waals surface area contributed by atoms with Crippen molar-refractivity contribution in [2.45, 2.75) is 71.6 Å². The van der Waals surface area contributed by atoms with Crippen LogP contribution in [0.25, 0.3) is 57.7 Å². The minimum atomic E-state index is -0.192. The molecule has 0 aliphatic heterocycles. The molecule has 0 fully saturated rings. The summed E-state index contributed by atoms with van der Waals surface area (Å²) in [5, 5.41) is 0. The van der Waals surface area contributed by atoms with Gasteiger partial charge in [-0.2, -0.15) is 0 Å². The predicted octanol–water partition coefficient (Wildman–Crippen LogP) is 20.5. The Morgan fingerprint density at radius 1 is 0.272 bits per heavy atom. The first-order valence-electron chi connectivity index (χ1n) is 28.4. The zero-order valence-electron chi connectivity index (χ0n) is 48.2. The van der Waals surface area contributed by atoms with E-state index in [1.807, 2.05) is 24.3 Å². The second-order valence-corrected chi connectivity index (χ2v) is 24.0. The fourth-order valence-electron chi connectivity index (χ4n) is 13.1. The molecule has 0 aromatic heterocycles. The molecule has 0 radical (unpaired) electrons. The first-order valence-corrected chi connectivity index (χ1v) is 28.4. The van der Waals surface area contributed by atoms with E-state index in [0.29, 0.717) is 0 Å². The van der Waals surface area contributed by atoms with Crippen molar-refractivity contribution in [1.29, 1.82) is 0 Å². The minimum Gasteiger partial charge on any atom is -0.497 e. The molecule has 0 saturated heterocycles. The third-order valence-electron chi connectivity index (χ3n) is 17.8. The highest BCUT2D eigenvalue weighted by atomic mass is 16.5. The van der Waals surface area contributed by atoms with Crippen LogP contribution in [0.3, 0.4) is 0 Å². The van der Waals surface area contributed by atoms with Crippen LogP contribution in [0.2, 0.25) is 0 Å². The Hall–Kier alpha value is -9.12. The minimum absolute atomic E-state index is 0.159. The van der Waals surface area contributed by atoms with E-state index < -0.39 is 0 Å².